The van der Waals surface area contributed by atoms with E-state index >= 15 is 0 Å². The van der Waals surface area contributed by atoms with E-state index in [9.17, 15) is 14.4 Å². The average molecular weight is 605 g/mol. The number of imidazole rings is 1. The topological polar surface area (TPSA) is 157 Å². The maximum Gasteiger partial charge on any atom is 0.315 e. The molecule has 1 aliphatic rings. The van der Waals surface area contributed by atoms with Crippen molar-refractivity contribution in [1.29, 1.82) is 0 Å². The Hall–Kier alpha value is -4.55. The molecule has 1 aliphatic heterocycles. The summed E-state index contributed by atoms with van der Waals surface area (Å²) >= 11 is 6.64. The summed E-state index contributed by atoms with van der Waals surface area (Å²) < 4.78 is 6.74. The quantitative estimate of drug-likeness (QED) is 0.182. The third-order valence-electron chi connectivity index (χ3n) is 7.46. The molecule has 0 radical (unpaired) electrons. The van der Waals surface area contributed by atoms with E-state index in [1.54, 1.807) is 25.1 Å². The van der Waals surface area contributed by atoms with Gasteiger partial charge in [0.2, 0.25) is 11.8 Å². The van der Waals surface area contributed by atoms with Gasteiger partial charge in [-0.15, -0.1) is 0 Å². The molecule has 224 valence electrons. The maximum absolute atomic E-state index is 12.3. The van der Waals surface area contributed by atoms with Crippen LogP contribution in [0.4, 0.5) is 11.5 Å². The molecule has 2 amide bonds. The fourth-order valence-electron chi connectivity index (χ4n) is 5.37. The lowest BCUT2D eigenvalue weighted by molar-refractivity contribution is -0.145. The number of aromatic nitrogens is 4. The van der Waals surface area contributed by atoms with Crippen molar-refractivity contribution in [2.45, 2.75) is 38.6 Å². The summed E-state index contributed by atoms with van der Waals surface area (Å²) in [6.45, 7) is 5.59. The van der Waals surface area contributed by atoms with E-state index < -0.39 is 17.4 Å². The standard InChI is InChI=1S/C30H33ClN8O4/c1-3-35-30(29(32)42)13-15-38(16-14-30)27-25-28(34-18-33-27)39(26(37-25)21-7-5-6-8-22(21)31)20-11-9-19(10-12-20)36-23(40)17-24(41)43-4-2/h5-12,18,35H,3-4,13-17H2,1-2H3,(H2,32,42)(H,36,40). The van der Waals surface area contributed by atoms with Crippen molar-refractivity contribution < 1.29 is 19.1 Å². The van der Waals surface area contributed by atoms with E-state index in [-0.39, 0.29) is 18.9 Å². The zero-order valence-corrected chi connectivity index (χ0v) is 24.7. The van der Waals surface area contributed by atoms with E-state index in [1.807, 2.05) is 41.8 Å². The molecule has 4 aromatic rings. The molecule has 3 heterocycles. The van der Waals surface area contributed by atoms with Crippen molar-refractivity contribution in [2.24, 2.45) is 5.73 Å². The zero-order valence-electron chi connectivity index (χ0n) is 24.0. The van der Waals surface area contributed by atoms with Crippen molar-refractivity contribution in [2.75, 3.05) is 36.5 Å². The fraction of sp³-hybridized carbons (Fsp3) is 0.333. The SMILES string of the molecule is CCNC1(C(N)=O)CCN(c2ncnc3c2nc(-c2ccccc2Cl)n3-c2ccc(NC(=O)CC(=O)OCC)cc2)CC1. The van der Waals surface area contributed by atoms with Crippen LogP contribution in [0.15, 0.2) is 54.9 Å². The van der Waals surface area contributed by atoms with Gasteiger partial charge in [-0.1, -0.05) is 30.7 Å². The van der Waals surface area contributed by atoms with E-state index in [1.165, 1.54) is 6.33 Å². The number of halogens is 1. The summed E-state index contributed by atoms with van der Waals surface area (Å²) in [7, 11) is 0. The van der Waals surface area contributed by atoms with Gasteiger partial charge in [0.25, 0.3) is 0 Å². The lowest BCUT2D eigenvalue weighted by Gasteiger charge is -2.40. The van der Waals surface area contributed by atoms with Gasteiger partial charge in [0.1, 0.15) is 24.1 Å². The predicted octanol–water partition coefficient (Wildman–Crippen LogP) is 3.46. The number of esters is 1. The summed E-state index contributed by atoms with van der Waals surface area (Å²) in [6, 6.07) is 14.5. The van der Waals surface area contributed by atoms with E-state index in [0.29, 0.717) is 71.6 Å². The molecule has 2 aromatic carbocycles. The summed E-state index contributed by atoms with van der Waals surface area (Å²) in [4.78, 5) is 52.6. The zero-order chi connectivity index (χ0) is 30.6. The number of piperidine rings is 1. The summed E-state index contributed by atoms with van der Waals surface area (Å²) in [5.41, 5.74) is 8.13. The highest BCUT2D eigenvalue weighted by Gasteiger charge is 2.40. The number of amides is 2. The number of nitrogens with zero attached hydrogens (tertiary/aromatic N) is 5. The van der Waals surface area contributed by atoms with Crippen molar-refractivity contribution >= 4 is 52.1 Å². The van der Waals surface area contributed by atoms with Gasteiger partial charge < -0.3 is 26.0 Å². The lowest BCUT2D eigenvalue weighted by Crippen LogP contribution is -2.61. The van der Waals surface area contributed by atoms with Crippen molar-refractivity contribution in [3.8, 4) is 17.1 Å². The molecule has 0 atom stereocenters. The molecular formula is C30H33ClN8O4. The fourth-order valence-corrected chi connectivity index (χ4v) is 5.59. The molecule has 0 unspecified atom stereocenters. The first-order chi connectivity index (χ1) is 20.8. The number of primary amides is 1. The number of carbonyl (C=O) groups excluding carboxylic acids is 3. The second-order valence-electron chi connectivity index (χ2n) is 10.2. The maximum atomic E-state index is 12.3. The van der Waals surface area contributed by atoms with Crippen LogP contribution in [0.3, 0.4) is 0 Å². The van der Waals surface area contributed by atoms with Crippen LogP contribution in [0, 0.1) is 0 Å². The third-order valence-corrected chi connectivity index (χ3v) is 7.79. The molecule has 4 N–H and O–H groups in total. The van der Waals surface area contributed by atoms with Crippen LogP contribution >= 0.6 is 11.6 Å². The highest BCUT2D eigenvalue weighted by atomic mass is 35.5. The molecule has 0 bridgehead atoms. The lowest BCUT2D eigenvalue weighted by atomic mass is 9.86. The molecule has 1 fully saturated rings. The summed E-state index contributed by atoms with van der Waals surface area (Å²) in [6.07, 6.45) is 2.19. The minimum Gasteiger partial charge on any atom is -0.466 e. The van der Waals surface area contributed by atoms with E-state index in [4.69, 9.17) is 27.1 Å². The van der Waals surface area contributed by atoms with E-state index in [0.717, 1.165) is 5.69 Å². The van der Waals surface area contributed by atoms with Crippen LogP contribution in [0.5, 0.6) is 0 Å². The Morgan fingerprint density at radius 1 is 1.05 bits per heavy atom. The van der Waals surface area contributed by atoms with E-state index in [2.05, 4.69) is 25.5 Å². The van der Waals surface area contributed by atoms with Gasteiger partial charge in [-0.25, -0.2) is 15.0 Å². The van der Waals surface area contributed by atoms with Crippen LogP contribution in [-0.2, 0) is 19.1 Å². The van der Waals surface area contributed by atoms with Gasteiger partial charge in [0.05, 0.1) is 11.6 Å². The van der Waals surface area contributed by atoms with Crippen LogP contribution < -0.4 is 21.3 Å². The number of nitrogens with one attached hydrogen (secondary N) is 2. The number of benzene rings is 2. The monoisotopic (exact) mass is 604 g/mol. The molecule has 0 saturated carbocycles. The second-order valence-corrected chi connectivity index (χ2v) is 10.6. The molecule has 0 spiro atoms. The van der Waals surface area contributed by atoms with Gasteiger partial charge in [-0.05, 0) is 62.7 Å². The number of anilines is 2. The van der Waals surface area contributed by atoms with Gasteiger partial charge in [-0.3, -0.25) is 19.0 Å². The number of carbonyl (C=O) groups is 3. The first-order valence-corrected chi connectivity index (χ1v) is 14.5. The van der Waals surface area contributed by atoms with Crippen LogP contribution in [0.1, 0.15) is 33.1 Å². The Labute approximate surface area is 253 Å². The predicted molar refractivity (Wildman–Crippen MR) is 164 cm³/mol. The Bertz CT molecular complexity index is 1650. The first kappa shape index (κ1) is 29.9. The number of fused-ring (bicyclic) bond motifs is 1. The molecule has 1 saturated heterocycles. The van der Waals surface area contributed by atoms with Crippen molar-refractivity contribution in [3.05, 3.63) is 59.9 Å². The largest absolute Gasteiger partial charge is 0.466 e. The summed E-state index contributed by atoms with van der Waals surface area (Å²) in [5, 5.41) is 6.52. The number of nitrogens with two attached hydrogens (primary N) is 1. The minimum atomic E-state index is -0.757. The van der Waals surface area contributed by atoms with Gasteiger partial charge in [0, 0.05) is 30.0 Å². The van der Waals surface area contributed by atoms with Crippen LogP contribution in [-0.4, -0.2) is 69.1 Å². The molecular weight excluding hydrogens is 572 g/mol. The Kier molecular flexibility index (Phi) is 8.88. The Morgan fingerprint density at radius 3 is 2.42 bits per heavy atom. The van der Waals surface area contributed by atoms with Gasteiger partial charge in [-0.2, -0.15) is 0 Å². The molecule has 13 heteroatoms. The van der Waals surface area contributed by atoms with Crippen molar-refractivity contribution in [3.63, 3.8) is 0 Å². The van der Waals surface area contributed by atoms with Gasteiger partial charge in [0.15, 0.2) is 17.0 Å². The molecule has 43 heavy (non-hydrogen) atoms. The number of rotatable bonds is 10. The van der Waals surface area contributed by atoms with Gasteiger partial charge >= 0.3 is 5.97 Å². The molecule has 5 rings (SSSR count). The average Bonchev–Trinajstić information content (AvgIpc) is 3.38. The third kappa shape index (κ3) is 6.15. The Morgan fingerprint density at radius 2 is 1.77 bits per heavy atom. The summed E-state index contributed by atoms with van der Waals surface area (Å²) in [5.74, 6) is -0.193. The number of hydrogen-bond acceptors (Lipinski definition) is 9. The molecule has 0 aliphatic carbocycles. The number of likely N-dealkylation sites (N-methyl/N-ethyl adjacent to an activating group) is 1. The second kappa shape index (κ2) is 12.8. The smallest absolute Gasteiger partial charge is 0.315 e. The minimum absolute atomic E-state index is 0.209. The van der Waals surface area contributed by atoms with Crippen molar-refractivity contribution in [1.82, 2.24) is 24.8 Å². The highest BCUT2D eigenvalue weighted by molar-refractivity contribution is 6.33. The first-order valence-electron chi connectivity index (χ1n) is 14.1. The number of ether oxygens (including phenoxy) is 1. The highest BCUT2D eigenvalue weighted by Crippen LogP contribution is 2.36. The van der Waals surface area contributed by atoms with Crippen LogP contribution in [0.2, 0.25) is 5.02 Å². The number of hydrogen-bond donors (Lipinski definition) is 3. The van der Waals surface area contributed by atoms with Crippen LogP contribution in [0.25, 0.3) is 28.2 Å². The normalized spacial score (nSPS) is 14.4. The molecule has 12 nitrogen and oxygen atoms in total. The molecule has 2 aromatic heterocycles. The Balaban J connectivity index is 1.52.